The average Bonchev–Trinajstić information content (AvgIpc) is 2.29. The summed E-state index contributed by atoms with van der Waals surface area (Å²) < 4.78 is 37.3. The van der Waals surface area contributed by atoms with Crippen LogP contribution in [0.3, 0.4) is 0 Å². The maximum Gasteiger partial charge on any atom is 0.416 e. The highest BCUT2D eigenvalue weighted by Crippen LogP contribution is 2.31. The number of piperidine rings is 1. The Bertz CT molecular complexity index is 369. The van der Waals surface area contributed by atoms with Crippen LogP contribution < -0.4 is 4.90 Å². The molecule has 0 amide bonds. The average molecular weight is 243 g/mol. The van der Waals surface area contributed by atoms with E-state index in [4.69, 9.17) is 0 Å². The molecule has 1 fully saturated rings. The van der Waals surface area contributed by atoms with Gasteiger partial charge < -0.3 is 4.90 Å². The zero-order valence-corrected chi connectivity index (χ0v) is 9.80. The molecule has 1 unspecified atom stereocenters. The summed E-state index contributed by atoms with van der Waals surface area (Å²) in [5.74, 6) is 0. The first-order valence-corrected chi connectivity index (χ1v) is 5.92. The lowest BCUT2D eigenvalue weighted by Gasteiger charge is -2.35. The molecule has 0 aliphatic carbocycles. The van der Waals surface area contributed by atoms with Crippen LogP contribution in [0.5, 0.6) is 0 Å². The van der Waals surface area contributed by atoms with Crippen molar-refractivity contribution < 1.29 is 13.2 Å². The van der Waals surface area contributed by atoms with Gasteiger partial charge >= 0.3 is 6.18 Å². The molecule has 0 bridgehead atoms. The molecule has 0 aromatic heterocycles. The molecule has 0 N–H and O–H groups in total. The van der Waals surface area contributed by atoms with Gasteiger partial charge in [0.2, 0.25) is 0 Å². The maximum atomic E-state index is 12.4. The first kappa shape index (κ1) is 12.3. The number of hydrogen-bond acceptors (Lipinski definition) is 1. The summed E-state index contributed by atoms with van der Waals surface area (Å²) >= 11 is 0. The molecule has 1 atom stereocenters. The summed E-state index contributed by atoms with van der Waals surface area (Å²) in [4.78, 5) is 2.18. The van der Waals surface area contributed by atoms with Gasteiger partial charge in [0.05, 0.1) is 5.56 Å². The van der Waals surface area contributed by atoms with Crippen LogP contribution in [0.1, 0.15) is 31.7 Å². The highest BCUT2D eigenvalue weighted by molar-refractivity contribution is 5.49. The lowest BCUT2D eigenvalue weighted by Crippen LogP contribution is -2.37. The molecule has 1 aliphatic heterocycles. The second kappa shape index (κ2) is 4.59. The van der Waals surface area contributed by atoms with Crippen LogP contribution in [0.25, 0.3) is 0 Å². The molecule has 1 aromatic carbocycles. The van der Waals surface area contributed by atoms with Crippen molar-refractivity contribution in [2.24, 2.45) is 0 Å². The van der Waals surface area contributed by atoms with E-state index in [0.29, 0.717) is 6.04 Å². The highest BCUT2D eigenvalue weighted by Gasteiger charge is 2.30. The number of alkyl halides is 3. The van der Waals surface area contributed by atoms with Crippen molar-refractivity contribution >= 4 is 5.69 Å². The molecular weight excluding hydrogens is 227 g/mol. The summed E-state index contributed by atoms with van der Waals surface area (Å²) in [7, 11) is 0. The van der Waals surface area contributed by atoms with Gasteiger partial charge in [0.15, 0.2) is 0 Å². The van der Waals surface area contributed by atoms with Crippen molar-refractivity contribution in [2.45, 2.75) is 38.4 Å². The van der Waals surface area contributed by atoms with E-state index in [1.165, 1.54) is 6.42 Å². The number of anilines is 1. The van der Waals surface area contributed by atoms with Crippen LogP contribution in [0.2, 0.25) is 0 Å². The van der Waals surface area contributed by atoms with Crippen LogP contribution in [-0.2, 0) is 6.18 Å². The Morgan fingerprint density at radius 1 is 1.12 bits per heavy atom. The van der Waals surface area contributed by atoms with Crippen LogP contribution in [0.15, 0.2) is 24.3 Å². The third kappa shape index (κ3) is 2.73. The Labute approximate surface area is 99.2 Å². The summed E-state index contributed by atoms with van der Waals surface area (Å²) in [6.45, 7) is 3.06. The van der Waals surface area contributed by atoms with Gasteiger partial charge in [0.1, 0.15) is 0 Å². The molecule has 1 aliphatic rings. The Morgan fingerprint density at radius 2 is 1.76 bits per heavy atom. The van der Waals surface area contributed by atoms with Crippen LogP contribution in [0.4, 0.5) is 18.9 Å². The van der Waals surface area contributed by atoms with Crippen molar-refractivity contribution in [2.75, 3.05) is 11.4 Å². The van der Waals surface area contributed by atoms with E-state index in [1.54, 1.807) is 12.1 Å². The minimum Gasteiger partial charge on any atom is -0.369 e. The summed E-state index contributed by atoms with van der Waals surface area (Å²) in [6.07, 6.45) is -0.809. The Kier molecular flexibility index (Phi) is 3.31. The zero-order chi connectivity index (χ0) is 12.5. The first-order chi connectivity index (χ1) is 7.98. The summed E-state index contributed by atoms with van der Waals surface area (Å²) in [5.41, 5.74) is 0.316. The number of hydrogen-bond donors (Lipinski definition) is 0. The van der Waals surface area contributed by atoms with Gasteiger partial charge in [-0.05, 0) is 50.5 Å². The molecular formula is C13H16F3N. The van der Waals surface area contributed by atoms with E-state index in [0.717, 1.165) is 37.2 Å². The minimum atomic E-state index is -4.24. The largest absolute Gasteiger partial charge is 0.416 e. The predicted molar refractivity (Wildman–Crippen MR) is 62.1 cm³/mol. The van der Waals surface area contributed by atoms with E-state index >= 15 is 0 Å². The Hall–Kier alpha value is -1.19. The smallest absolute Gasteiger partial charge is 0.369 e. The lowest BCUT2D eigenvalue weighted by molar-refractivity contribution is -0.137. The Balaban J connectivity index is 2.17. The molecule has 1 saturated heterocycles. The van der Waals surface area contributed by atoms with E-state index in [-0.39, 0.29) is 0 Å². The van der Waals surface area contributed by atoms with Crippen molar-refractivity contribution in [1.29, 1.82) is 0 Å². The molecule has 0 spiro atoms. The molecule has 0 radical (unpaired) electrons. The summed E-state index contributed by atoms with van der Waals surface area (Å²) in [6, 6.07) is 5.89. The van der Waals surface area contributed by atoms with Gasteiger partial charge in [0.25, 0.3) is 0 Å². The standard InChI is InChI=1S/C13H16F3N/c1-10-4-2-3-9-17(10)12-7-5-11(6-8-12)13(14,15)16/h5-8,10H,2-4,9H2,1H3. The number of benzene rings is 1. The SMILES string of the molecule is CC1CCCCN1c1ccc(C(F)(F)F)cc1. The van der Waals surface area contributed by atoms with Gasteiger partial charge in [-0.25, -0.2) is 0 Å². The van der Waals surface area contributed by atoms with Crippen molar-refractivity contribution in [1.82, 2.24) is 0 Å². The van der Waals surface area contributed by atoms with E-state index in [2.05, 4.69) is 11.8 Å². The fourth-order valence-electron chi connectivity index (χ4n) is 2.32. The van der Waals surface area contributed by atoms with Crippen molar-refractivity contribution in [3.8, 4) is 0 Å². The molecule has 0 saturated carbocycles. The topological polar surface area (TPSA) is 3.24 Å². The molecule has 1 aromatic rings. The van der Waals surface area contributed by atoms with Crippen LogP contribution >= 0.6 is 0 Å². The molecule has 1 heterocycles. The van der Waals surface area contributed by atoms with Crippen LogP contribution in [0, 0.1) is 0 Å². The molecule has 17 heavy (non-hydrogen) atoms. The second-order valence-corrected chi connectivity index (χ2v) is 4.58. The first-order valence-electron chi connectivity index (χ1n) is 5.92. The molecule has 94 valence electrons. The molecule has 4 heteroatoms. The van der Waals surface area contributed by atoms with E-state index in [9.17, 15) is 13.2 Å². The monoisotopic (exact) mass is 243 g/mol. The molecule has 2 rings (SSSR count). The maximum absolute atomic E-state index is 12.4. The second-order valence-electron chi connectivity index (χ2n) is 4.58. The van der Waals surface area contributed by atoms with Gasteiger partial charge in [0, 0.05) is 18.3 Å². The number of nitrogens with zero attached hydrogens (tertiary/aromatic N) is 1. The zero-order valence-electron chi connectivity index (χ0n) is 9.80. The van der Waals surface area contributed by atoms with Gasteiger partial charge in [-0.2, -0.15) is 13.2 Å². The number of halogens is 3. The van der Waals surface area contributed by atoms with Crippen molar-refractivity contribution in [3.05, 3.63) is 29.8 Å². The van der Waals surface area contributed by atoms with Gasteiger partial charge in [-0.15, -0.1) is 0 Å². The van der Waals surface area contributed by atoms with E-state index < -0.39 is 11.7 Å². The quantitative estimate of drug-likeness (QED) is 0.718. The van der Waals surface area contributed by atoms with Crippen LogP contribution in [-0.4, -0.2) is 12.6 Å². The number of rotatable bonds is 1. The third-order valence-corrected chi connectivity index (χ3v) is 3.33. The predicted octanol–water partition coefficient (Wildman–Crippen LogP) is 4.08. The van der Waals surface area contributed by atoms with Crippen molar-refractivity contribution in [3.63, 3.8) is 0 Å². The Morgan fingerprint density at radius 3 is 2.29 bits per heavy atom. The fraction of sp³-hybridized carbons (Fsp3) is 0.538. The lowest BCUT2D eigenvalue weighted by atomic mass is 10.0. The molecule has 1 nitrogen and oxygen atoms in total. The minimum absolute atomic E-state index is 0.417. The normalized spacial score (nSPS) is 21.6. The van der Waals surface area contributed by atoms with E-state index in [1.807, 2.05) is 0 Å². The van der Waals surface area contributed by atoms with Gasteiger partial charge in [-0.3, -0.25) is 0 Å². The summed E-state index contributed by atoms with van der Waals surface area (Å²) in [5, 5.41) is 0. The third-order valence-electron chi connectivity index (χ3n) is 3.33. The highest BCUT2D eigenvalue weighted by atomic mass is 19.4. The van der Waals surface area contributed by atoms with Gasteiger partial charge in [-0.1, -0.05) is 0 Å². The fourth-order valence-corrected chi connectivity index (χ4v) is 2.32.